The summed E-state index contributed by atoms with van der Waals surface area (Å²) >= 11 is 5.74. The molecule has 0 saturated heterocycles. The first-order valence-corrected chi connectivity index (χ1v) is 4.82. The Labute approximate surface area is 81.9 Å². The third-order valence-corrected chi connectivity index (χ3v) is 2.44. The summed E-state index contributed by atoms with van der Waals surface area (Å²) < 4.78 is 13.1. The summed E-state index contributed by atoms with van der Waals surface area (Å²) in [4.78, 5) is 0. The van der Waals surface area contributed by atoms with E-state index in [4.69, 9.17) is 11.6 Å². The summed E-state index contributed by atoms with van der Waals surface area (Å²) in [6, 6.07) is 4.57. The highest BCUT2D eigenvalue weighted by Gasteiger charge is 2.20. The molecule has 1 aromatic carbocycles. The van der Waals surface area contributed by atoms with Gasteiger partial charge in [-0.15, -0.1) is 0 Å². The minimum Gasteiger partial charge on any atom is -0.382 e. The molecule has 0 radical (unpaired) electrons. The number of hydrogen-bond acceptors (Lipinski definition) is 1. The second kappa shape index (κ2) is 3.54. The second-order valence-electron chi connectivity index (χ2n) is 3.45. The van der Waals surface area contributed by atoms with Crippen molar-refractivity contribution in [1.82, 2.24) is 0 Å². The fraction of sp³-hybridized carbons (Fsp3) is 0.400. The van der Waals surface area contributed by atoms with Crippen molar-refractivity contribution in [3.8, 4) is 0 Å². The molecule has 1 aliphatic rings. The lowest BCUT2D eigenvalue weighted by Gasteiger charge is -2.06. The topological polar surface area (TPSA) is 12.0 Å². The van der Waals surface area contributed by atoms with Crippen LogP contribution in [0.5, 0.6) is 0 Å². The largest absolute Gasteiger partial charge is 0.382 e. The Hall–Kier alpha value is -0.760. The van der Waals surface area contributed by atoms with Crippen LogP contribution in [0.2, 0.25) is 5.02 Å². The van der Waals surface area contributed by atoms with Gasteiger partial charge in [-0.2, -0.15) is 0 Å². The van der Waals surface area contributed by atoms with Crippen LogP contribution in [0.3, 0.4) is 0 Å². The van der Waals surface area contributed by atoms with Crippen LogP contribution in [-0.4, -0.2) is 6.54 Å². The van der Waals surface area contributed by atoms with Crippen molar-refractivity contribution in [1.29, 1.82) is 0 Å². The Morgan fingerprint density at radius 2 is 2.23 bits per heavy atom. The molecular formula is C10H11ClFN. The second-order valence-corrected chi connectivity index (χ2v) is 3.88. The highest BCUT2D eigenvalue weighted by Crippen LogP contribution is 2.29. The van der Waals surface area contributed by atoms with Crippen LogP contribution in [0.15, 0.2) is 18.2 Å². The van der Waals surface area contributed by atoms with Crippen molar-refractivity contribution >= 4 is 17.3 Å². The minimum atomic E-state index is -0.231. The lowest BCUT2D eigenvalue weighted by atomic mass is 10.3. The molecule has 0 aliphatic heterocycles. The fourth-order valence-corrected chi connectivity index (χ4v) is 1.38. The Kier molecular flexibility index (Phi) is 2.40. The highest BCUT2D eigenvalue weighted by molar-refractivity contribution is 6.30. The average Bonchev–Trinajstić information content (AvgIpc) is 2.90. The molecule has 1 N–H and O–H groups in total. The van der Waals surface area contributed by atoms with Gasteiger partial charge in [0.25, 0.3) is 0 Å². The zero-order valence-corrected chi connectivity index (χ0v) is 7.94. The van der Waals surface area contributed by atoms with Crippen LogP contribution in [0.4, 0.5) is 10.1 Å². The Balaban J connectivity index is 2.03. The van der Waals surface area contributed by atoms with Crippen molar-refractivity contribution < 1.29 is 4.39 Å². The summed E-state index contributed by atoms with van der Waals surface area (Å²) in [5, 5.41) is 3.63. The summed E-state index contributed by atoms with van der Waals surface area (Å²) in [6.45, 7) is 0.858. The smallest absolute Gasteiger partial charge is 0.146 e. The van der Waals surface area contributed by atoms with Crippen molar-refractivity contribution in [2.75, 3.05) is 11.9 Å². The number of anilines is 1. The van der Waals surface area contributed by atoms with Gasteiger partial charge >= 0.3 is 0 Å². The maximum atomic E-state index is 13.1. The third-order valence-electron chi connectivity index (χ3n) is 2.21. The molecule has 13 heavy (non-hydrogen) atoms. The predicted octanol–water partition coefficient (Wildman–Crippen LogP) is 3.30. The summed E-state index contributed by atoms with van der Waals surface area (Å²) in [6.07, 6.45) is 2.52. The lowest BCUT2D eigenvalue weighted by Crippen LogP contribution is -2.04. The molecule has 2 rings (SSSR count). The summed E-state index contributed by atoms with van der Waals surface area (Å²) in [7, 11) is 0. The quantitative estimate of drug-likeness (QED) is 0.788. The molecule has 1 aliphatic carbocycles. The number of rotatable bonds is 3. The van der Waals surface area contributed by atoms with E-state index in [9.17, 15) is 4.39 Å². The maximum Gasteiger partial charge on any atom is 0.146 e. The lowest BCUT2D eigenvalue weighted by molar-refractivity contribution is 0.629. The van der Waals surface area contributed by atoms with E-state index < -0.39 is 0 Å². The molecule has 1 saturated carbocycles. The van der Waals surface area contributed by atoms with Gasteiger partial charge in [0.05, 0.1) is 5.69 Å². The van der Waals surface area contributed by atoms with Crippen LogP contribution >= 0.6 is 11.6 Å². The van der Waals surface area contributed by atoms with Gasteiger partial charge < -0.3 is 5.32 Å². The number of halogens is 2. The molecule has 0 bridgehead atoms. The SMILES string of the molecule is Fc1ccc(Cl)cc1NCC1CC1. The molecule has 70 valence electrons. The van der Waals surface area contributed by atoms with Gasteiger partial charge in [-0.25, -0.2) is 4.39 Å². The van der Waals surface area contributed by atoms with E-state index >= 15 is 0 Å². The van der Waals surface area contributed by atoms with E-state index in [2.05, 4.69) is 5.32 Å². The van der Waals surface area contributed by atoms with Crippen molar-refractivity contribution in [3.05, 3.63) is 29.0 Å². The highest BCUT2D eigenvalue weighted by atomic mass is 35.5. The van der Waals surface area contributed by atoms with Crippen LogP contribution < -0.4 is 5.32 Å². The van der Waals surface area contributed by atoms with E-state index in [1.54, 1.807) is 12.1 Å². The zero-order chi connectivity index (χ0) is 9.26. The van der Waals surface area contributed by atoms with Gasteiger partial charge in [0.15, 0.2) is 0 Å². The van der Waals surface area contributed by atoms with Gasteiger partial charge in [0, 0.05) is 11.6 Å². The van der Waals surface area contributed by atoms with Gasteiger partial charge in [0.2, 0.25) is 0 Å². The molecule has 1 nitrogen and oxygen atoms in total. The molecule has 0 amide bonds. The molecule has 0 atom stereocenters. The van der Waals surface area contributed by atoms with Crippen molar-refractivity contribution in [2.45, 2.75) is 12.8 Å². The van der Waals surface area contributed by atoms with Gasteiger partial charge in [-0.05, 0) is 37.0 Å². The van der Waals surface area contributed by atoms with Gasteiger partial charge in [0.1, 0.15) is 5.82 Å². The third kappa shape index (κ3) is 2.34. The molecule has 0 spiro atoms. The van der Waals surface area contributed by atoms with E-state index in [1.165, 1.54) is 18.9 Å². The Morgan fingerprint density at radius 3 is 2.92 bits per heavy atom. The van der Waals surface area contributed by atoms with E-state index in [0.29, 0.717) is 10.7 Å². The minimum absolute atomic E-state index is 0.231. The first-order chi connectivity index (χ1) is 6.25. The maximum absolute atomic E-state index is 13.1. The van der Waals surface area contributed by atoms with Gasteiger partial charge in [-0.1, -0.05) is 11.6 Å². The van der Waals surface area contributed by atoms with E-state index in [1.807, 2.05) is 0 Å². The van der Waals surface area contributed by atoms with Crippen LogP contribution in [0.25, 0.3) is 0 Å². The normalized spacial score (nSPS) is 15.8. The molecule has 1 aromatic rings. The molecule has 1 fully saturated rings. The fourth-order valence-electron chi connectivity index (χ4n) is 1.21. The van der Waals surface area contributed by atoms with Crippen LogP contribution in [0.1, 0.15) is 12.8 Å². The first kappa shape index (κ1) is 8.82. The zero-order valence-electron chi connectivity index (χ0n) is 7.19. The molecule has 0 heterocycles. The number of benzene rings is 1. The van der Waals surface area contributed by atoms with Crippen LogP contribution in [-0.2, 0) is 0 Å². The number of nitrogens with one attached hydrogen (secondary N) is 1. The predicted molar refractivity (Wildman–Crippen MR) is 52.6 cm³/mol. The summed E-state index contributed by atoms with van der Waals surface area (Å²) in [5.41, 5.74) is 0.513. The van der Waals surface area contributed by atoms with E-state index in [-0.39, 0.29) is 5.82 Å². The first-order valence-electron chi connectivity index (χ1n) is 4.44. The molecule has 0 unspecified atom stereocenters. The van der Waals surface area contributed by atoms with Crippen molar-refractivity contribution in [2.24, 2.45) is 5.92 Å². The molecular weight excluding hydrogens is 189 g/mol. The summed E-state index contributed by atoms with van der Waals surface area (Å²) in [5.74, 6) is 0.503. The van der Waals surface area contributed by atoms with E-state index in [0.717, 1.165) is 12.5 Å². The average molecular weight is 200 g/mol. The van der Waals surface area contributed by atoms with Gasteiger partial charge in [-0.3, -0.25) is 0 Å². The Bertz CT molecular complexity index is 310. The Morgan fingerprint density at radius 1 is 1.46 bits per heavy atom. The monoisotopic (exact) mass is 199 g/mol. The standard InChI is InChI=1S/C10H11ClFN/c11-8-3-4-9(12)10(5-8)13-6-7-1-2-7/h3-5,7,13H,1-2,6H2. The number of hydrogen-bond donors (Lipinski definition) is 1. The molecule has 3 heteroatoms. The van der Waals surface area contributed by atoms with Crippen LogP contribution in [0, 0.1) is 11.7 Å². The van der Waals surface area contributed by atoms with Crippen molar-refractivity contribution in [3.63, 3.8) is 0 Å². The molecule has 0 aromatic heterocycles.